The summed E-state index contributed by atoms with van der Waals surface area (Å²) in [6, 6.07) is 0. The van der Waals surface area contributed by atoms with Crippen LogP contribution in [0.5, 0.6) is 0 Å². The van der Waals surface area contributed by atoms with Crippen LogP contribution in [-0.4, -0.2) is 83.0 Å². The third-order valence-electron chi connectivity index (χ3n) is 7.16. The quantitative estimate of drug-likeness (QED) is 0.0664. The zero-order chi connectivity index (χ0) is 41.6. The van der Waals surface area contributed by atoms with E-state index in [-0.39, 0.29) is 12.8 Å². The van der Waals surface area contributed by atoms with E-state index in [1.165, 1.54) is 0 Å². The van der Waals surface area contributed by atoms with Crippen molar-refractivity contribution >= 4 is 12.6 Å². The van der Waals surface area contributed by atoms with Crippen LogP contribution in [0.4, 0.5) is 119 Å². The van der Waals surface area contributed by atoms with Crippen molar-refractivity contribution in [1.29, 1.82) is 0 Å². The Morgan fingerprint density at radius 2 is 0.431 bits per heavy atom. The number of unbranched alkanes of at least 4 members (excludes halogenated alkanes) is 7. The first-order valence-electron chi connectivity index (χ1n) is 13.3. The van der Waals surface area contributed by atoms with Gasteiger partial charge in [0.1, 0.15) is 0 Å². The highest BCUT2D eigenvalue weighted by Gasteiger charge is 3.00. The summed E-state index contributed by atoms with van der Waals surface area (Å²) in [5, 5.41) is 0. The van der Waals surface area contributed by atoms with Crippen LogP contribution >= 0.6 is 12.6 Å². The van der Waals surface area contributed by atoms with E-state index in [4.69, 9.17) is 0 Å². The van der Waals surface area contributed by atoms with E-state index in [1.807, 2.05) is 0 Å². The molecule has 0 bridgehead atoms. The van der Waals surface area contributed by atoms with Crippen molar-refractivity contribution in [2.24, 2.45) is 0 Å². The smallest absolute Gasteiger partial charge is 0.200 e. The number of hydrogen-bond acceptors (Lipinski definition) is 1. The maximum atomic E-state index is 14.0. The summed E-state index contributed by atoms with van der Waals surface area (Å²) in [5.74, 6) is -108. The monoisotopic (exact) mass is 842 g/mol. The SMILES string of the molecule is FC(F)(F)C(F)(F)C(F)(F)C(F)(F)C(F)(F)C(F)(F)C(F)(F)C(F)(F)C(F)(F)C(F)(F)C(F)(F)C(F)(F)C(F)(F)CCCCCCCCCCS. The van der Waals surface area contributed by atoms with Gasteiger partial charge in [-0.3, -0.25) is 0 Å². The summed E-state index contributed by atoms with van der Waals surface area (Å²) in [6.07, 6.45) is -10.8. The first-order chi connectivity index (χ1) is 22.1. The van der Waals surface area contributed by atoms with Gasteiger partial charge in [-0.15, -0.1) is 0 Å². The Morgan fingerprint density at radius 1 is 0.235 bits per heavy atom. The average Bonchev–Trinajstić information content (AvgIpc) is 2.94. The summed E-state index contributed by atoms with van der Waals surface area (Å²) < 4.78 is 365. The highest BCUT2D eigenvalue weighted by Crippen LogP contribution is 2.68. The number of alkyl halides is 27. The Balaban J connectivity index is 6.78. The summed E-state index contributed by atoms with van der Waals surface area (Å²) >= 11 is 3.88. The minimum atomic E-state index is -9.75. The lowest BCUT2D eigenvalue weighted by Gasteiger charge is -2.46. The molecule has 0 aromatic rings. The maximum absolute atomic E-state index is 14.0. The van der Waals surface area contributed by atoms with E-state index >= 15 is 0 Å². The fraction of sp³-hybridized carbons (Fsp3) is 1.00. The maximum Gasteiger partial charge on any atom is 0.460 e. The van der Waals surface area contributed by atoms with Gasteiger partial charge in [0.15, 0.2) is 0 Å². The lowest BCUT2D eigenvalue weighted by Crippen LogP contribution is -2.78. The van der Waals surface area contributed by atoms with E-state index in [1.54, 1.807) is 0 Å². The number of thiol groups is 1. The molecule has 0 aliphatic heterocycles. The van der Waals surface area contributed by atoms with Crippen molar-refractivity contribution in [3.05, 3.63) is 0 Å². The first-order valence-corrected chi connectivity index (χ1v) is 13.9. The Hall–Kier alpha value is -1.54. The lowest BCUT2D eigenvalue weighted by molar-refractivity contribution is -0.485. The fourth-order valence-electron chi connectivity index (χ4n) is 3.86. The molecule has 0 amide bonds. The van der Waals surface area contributed by atoms with Gasteiger partial charge in [0.05, 0.1) is 0 Å². The molecule has 0 unspecified atom stereocenters. The number of rotatable bonds is 21. The molecule has 0 saturated carbocycles. The molecule has 0 saturated heterocycles. The molecule has 0 radical (unpaired) electrons. The molecule has 0 aliphatic rings. The zero-order valence-electron chi connectivity index (χ0n) is 24.2. The van der Waals surface area contributed by atoms with Gasteiger partial charge in [0, 0.05) is 6.42 Å². The van der Waals surface area contributed by atoms with Gasteiger partial charge in [-0.2, -0.15) is 131 Å². The largest absolute Gasteiger partial charge is 0.460 e. The number of halogens is 27. The van der Waals surface area contributed by atoms with Crippen molar-refractivity contribution in [2.75, 3.05) is 5.75 Å². The van der Waals surface area contributed by atoms with Gasteiger partial charge < -0.3 is 0 Å². The molecule has 51 heavy (non-hydrogen) atoms. The van der Waals surface area contributed by atoms with Crippen LogP contribution in [0.1, 0.15) is 57.8 Å². The highest BCUT2D eigenvalue weighted by molar-refractivity contribution is 7.80. The van der Waals surface area contributed by atoms with E-state index in [0.717, 1.165) is 0 Å². The zero-order valence-corrected chi connectivity index (χ0v) is 25.1. The van der Waals surface area contributed by atoms with Gasteiger partial charge >= 0.3 is 77.2 Å². The van der Waals surface area contributed by atoms with Crippen molar-refractivity contribution in [2.45, 2.75) is 135 Å². The van der Waals surface area contributed by atoms with E-state index in [0.29, 0.717) is 31.4 Å². The fourth-order valence-corrected chi connectivity index (χ4v) is 4.08. The molecule has 0 aromatic heterocycles. The Kier molecular flexibility index (Phi) is 14.2. The van der Waals surface area contributed by atoms with E-state index in [9.17, 15) is 119 Å². The van der Waals surface area contributed by atoms with Gasteiger partial charge in [0.2, 0.25) is 0 Å². The average molecular weight is 842 g/mol. The molecule has 0 aromatic carbocycles. The molecule has 0 spiro atoms. The standard InChI is InChI=1S/C23H21F27S/c24-11(25,9-7-5-3-1-2-4-6-8-10-51)12(26,27)13(28,29)14(30,31)15(32,33)16(34,35)17(36,37)18(38,39)19(40,41)20(42,43)21(44,45)22(46,47)23(48,49)50/h51H,1-10H2. The predicted octanol–water partition coefficient (Wildman–Crippen LogP) is 12.6. The van der Waals surface area contributed by atoms with Gasteiger partial charge in [-0.1, -0.05) is 38.5 Å². The molecule has 0 N–H and O–H groups in total. The minimum absolute atomic E-state index is 0.149. The van der Waals surface area contributed by atoms with E-state index < -0.39 is 96.5 Å². The first kappa shape index (κ1) is 49.5. The van der Waals surface area contributed by atoms with Crippen LogP contribution in [0.3, 0.4) is 0 Å². The summed E-state index contributed by atoms with van der Waals surface area (Å²) in [6.45, 7) is 0. The van der Waals surface area contributed by atoms with Gasteiger partial charge in [-0.25, -0.2) is 0 Å². The Bertz CT molecular complexity index is 1140. The normalized spacial score (nSPS) is 16.2. The predicted molar refractivity (Wildman–Crippen MR) is 121 cm³/mol. The molecular weight excluding hydrogens is 821 g/mol. The van der Waals surface area contributed by atoms with Crippen molar-refractivity contribution in [1.82, 2.24) is 0 Å². The second kappa shape index (κ2) is 14.6. The molecule has 0 rings (SSSR count). The molecule has 0 aliphatic carbocycles. The molecule has 0 nitrogen and oxygen atoms in total. The summed E-state index contributed by atoms with van der Waals surface area (Å²) in [7, 11) is 0. The van der Waals surface area contributed by atoms with Crippen LogP contribution in [0, 0.1) is 0 Å². The molecular formula is C23H21F27S. The molecule has 0 fully saturated rings. The highest BCUT2D eigenvalue weighted by atomic mass is 32.1. The van der Waals surface area contributed by atoms with Crippen LogP contribution < -0.4 is 0 Å². The second-order valence-corrected chi connectivity index (χ2v) is 11.3. The molecule has 308 valence electrons. The van der Waals surface area contributed by atoms with Crippen LogP contribution in [-0.2, 0) is 0 Å². The third kappa shape index (κ3) is 7.45. The second-order valence-electron chi connectivity index (χ2n) is 10.8. The molecule has 28 heteroatoms. The van der Waals surface area contributed by atoms with Gasteiger partial charge in [0.25, 0.3) is 0 Å². The Labute approximate surface area is 272 Å². The minimum Gasteiger partial charge on any atom is -0.200 e. The van der Waals surface area contributed by atoms with Gasteiger partial charge in [-0.05, 0) is 18.6 Å². The van der Waals surface area contributed by atoms with Crippen LogP contribution in [0.25, 0.3) is 0 Å². The Morgan fingerprint density at radius 3 is 0.667 bits per heavy atom. The third-order valence-corrected chi connectivity index (χ3v) is 7.47. The lowest BCUT2D eigenvalue weighted by atomic mass is 9.83. The van der Waals surface area contributed by atoms with Crippen LogP contribution in [0.15, 0.2) is 0 Å². The van der Waals surface area contributed by atoms with Crippen molar-refractivity contribution < 1.29 is 119 Å². The van der Waals surface area contributed by atoms with Crippen molar-refractivity contribution in [3.8, 4) is 0 Å². The number of hydrogen-bond donors (Lipinski definition) is 1. The van der Waals surface area contributed by atoms with Crippen molar-refractivity contribution in [3.63, 3.8) is 0 Å². The topological polar surface area (TPSA) is 0 Å². The molecule has 0 atom stereocenters. The summed E-state index contributed by atoms with van der Waals surface area (Å²) in [5.41, 5.74) is 0. The van der Waals surface area contributed by atoms with E-state index in [2.05, 4.69) is 12.6 Å². The summed E-state index contributed by atoms with van der Waals surface area (Å²) in [4.78, 5) is 0. The van der Waals surface area contributed by atoms with Crippen LogP contribution in [0.2, 0.25) is 0 Å². The molecule has 0 heterocycles.